The third kappa shape index (κ3) is 4.01. The fourth-order valence-electron chi connectivity index (χ4n) is 2.55. The van der Waals surface area contributed by atoms with E-state index in [1.165, 1.54) is 11.1 Å². The Morgan fingerprint density at radius 1 is 0.955 bits per heavy atom. The molecular formula is C19H25NO2. The predicted octanol–water partition coefficient (Wildman–Crippen LogP) is 3.90. The van der Waals surface area contributed by atoms with Crippen molar-refractivity contribution in [2.24, 2.45) is 5.73 Å². The zero-order valence-electron chi connectivity index (χ0n) is 13.6. The molecule has 2 rings (SSSR count). The highest BCUT2D eigenvalue weighted by Crippen LogP contribution is 2.30. The molecule has 118 valence electrons. The molecule has 2 N–H and O–H groups in total. The van der Waals surface area contributed by atoms with Gasteiger partial charge in [0.15, 0.2) is 0 Å². The van der Waals surface area contributed by atoms with Crippen molar-refractivity contribution in [3.63, 3.8) is 0 Å². The van der Waals surface area contributed by atoms with E-state index >= 15 is 0 Å². The first kappa shape index (κ1) is 16.4. The summed E-state index contributed by atoms with van der Waals surface area (Å²) >= 11 is 0. The predicted molar refractivity (Wildman–Crippen MR) is 90.6 cm³/mol. The summed E-state index contributed by atoms with van der Waals surface area (Å²) in [6.07, 6.45) is 2.89. The first-order valence-corrected chi connectivity index (χ1v) is 7.73. The van der Waals surface area contributed by atoms with Crippen molar-refractivity contribution in [2.75, 3.05) is 14.2 Å². The third-order valence-electron chi connectivity index (χ3n) is 4.01. The zero-order chi connectivity index (χ0) is 15.9. The van der Waals surface area contributed by atoms with Gasteiger partial charge in [0.2, 0.25) is 0 Å². The standard InChI is InChI=1S/C19H25NO2/c1-4-14-5-7-15(8-6-14)9-11-18(20)17-13-16(21-2)10-12-19(17)22-3/h5-8,10,12-13,18H,4,9,11,20H2,1-3H3. The first-order valence-electron chi connectivity index (χ1n) is 7.73. The lowest BCUT2D eigenvalue weighted by Gasteiger charge is -2.17. The summed E-state index contributed by atoms with van der Waals surface area (Å²) in [6.45, 7) is 2.17. The molecule has 0 aliphatic carbocycles. The highest BCUT2D eigenvalue weighted by atomic mass is 16.5. The molecule has 0 radical (unpaired) electrons. The second kappa shape index (κ2) is 7.85. The third-order valence-corrected chi connectivity index (χ3v) is 4.01. The minimum Gasteiger partial charge on any atom is -0.497 e. The summed E-state index contributed by atoms with van der Waals surface area (Å²) in [5.74, 6) is 1.62. The van der Waals surface area contributed by atoms with Gasteiger partial charge >= 0.3 is 0 Å². The van der Waals surface area contributed by atoms with Gasteiger partial charge in [0.05, 0.1) is 14.2 Å². The Labute approximate surface area is 133 Å². The molecule has 2 aromatic carbocycles. The average Bonchev–Trinajstić information content (AvgIpc) is 2.59. The summed E-state index contributed by atoms with van der Waals surface area (Å²) < 4.78 is 10.7. The van der Waals surface area contributed by atoms with Crippen LogP contribution in [-0.2, 0) is 12.8 Å². The summed E-state index contributed by atoms with van der Waals surface area (Å²) in [6, 6.07) is 14.4. The first-order chi connectivity index (χ1) is 10.7. The maximum Gasteiger partial charge on any atom is 0.123 e. The van der Waals surface area contributed by atoms with Gasteiger partial charge in [-0.05, 0) is 48.6 Å². The van der Waals surface area contributed by atoms with Gasteiger partial charge in [0.1, 0.15) is 11.5 Å². The molecule has 0 aromatic heterocycles. The van der Waals surface area contributed by atoms with E-state index in [-0.39, 0.29) is 6.04 Å². The number of aryl methyl sites for hydroxylation is 2. The van der Waals surface area contributed by atoms with E-state index in [1.54, 1.807) is 14.2 Å². The van der Waals surface area contributed by atoms with Crippen LogP contribution in [0.25, 0.3) is 0 Å². The van der Waals surface area contributed by atoms with Crippen molar-refractivity contribution in [3.8, 4) is 11.5 Å². The van der Waals surface area contributed by atoms with Gasteiger partial charge in [-0.1, -0.05) is 31.2 Å². The Kier molecular flexibility index (Phi) is 5.84. The molecule has 0 saturated heterocycles. The Balaban J connectivity index is 2.06. The maximum atomic E-state index is 6.36. The van der Waals surface area contributed by atoms with E-state index in [0.717, 1.165) is 36.3 Å². The topological polar surface area (TPSA) is 44.5 Å². The van der Waals surface area contributed by atoms with Gasteiger partial charge in [-0.25, -0.2) is 0 Å². The second-order valence-electron chi connectivity index (χ2n) is 5.42. The van der Waals surface area contributed by atoms with Crippen LogP contribution in [0, 0.1) is 0 Å². The molecule has 0 spiro atoms. The van der Waals surface area contributed by atoms with E-state index in [0.29, 0.717) is 0 Å². The monoisotopic (exact) mass is 299 g/mol. The molecule has 1 unspecified atom stereocenters. The number of rotatable bonds is 7. The van der Waals surface area contributed by atoms with Gasteiger partial charge in [-0.15, -0.1) is 0 Å². The summed E-state index contributed by atoms with van der Waals surface area (Å²) in [5, 5.41) is 0. The Morgan fingerprint density at radius 2 is 1.64 bits per heavy atom. The van der Waals surface area contributed by atoms with Gasteiger partial charge in [0.25, 0.3) is 0 Å². The van der Waals surface area contributed by atoms with Crippen LogP contribution in [0.5, 0.6) is 11.5 Å². The molecular weight excluding hydrogens is 274 g/mol. The quantitative estimate of drug-likeness (QED) is 0.843. The highest BCUT2D eigenvalue weighted by molar-refractivity contribution is 5.42. The van der Waals surface area contributed by atoms with Crippen LogP contribution in [0.4, 0.5) is 0 Å². The number of hydrogen-bond donors (Lipinski definition) is 1. The number of ether oxygens (including phenoxy) is 2. The van der Waals surface area contributed by atoms with Crippen LogP contribution in [0.3, 0.4) is 0 Å². The summed E-state index contributed by atoms with van der Waals surface area (Å²) in [5.41, 5.74) is 10.0. The van der Waals surface area contributed by atoms with Crippen molar-refractivity contribution >= 4 is 0 Å². The van der Waals surface area contributed by atoms with Crippen LogP contribution in [0.15, 0.2) is 42.5 Å². The molecule has 3 heteroatoms. The van der Waals surface area contributed by atoms with Crippen LogP contribution in [0.1, 0.15) is 36.1 Å². The van der Waals surface area contributed by atoms with E-state index in [9.17, 15) is 0 Å². The van der Waals surface area contributed by atoms with E-state index in [4.69, 9.17) is 15.2 Å². The van der Waals surface area contributed by atoms with Crippen LogP contribution in [-0.4, -0.2) is 14.2 Å². The van der Waals surface area contributed by atoms with E-state index in [2.05, 4.69) is 31.2 Å². The lowest BCUT2D eigenvalue weighted by atomic mass is 9.98. The van der Waals surface area contributed by atoms with Crippen molar-refractivity contribution in [3.05, 3.63) is 59.2 Å². The number of nitrogens with two attached hydrogens (primary N) is 1. The van der Waals surface area contributed by atoms with Crippen LogP contribution in [0.2, 0.25) is 0 Å². The molecule has 0 fully saturated rings. The van der Waals surface area contributed by atoms with E-state index in [1.807, 2.05) is 18.2 Å². The molecule has 0 heterocycles. The fraction of sp³-hybridized carbons (Fsp3) is 0.368. The smallest absolute Gasteiger partial charge is 0.123 e. The van der Waals surface area contributed by atoms with Gasteiger partial charge < -0.3 is 15.2 Å². The largest absolute Gasteiger partial charge is 0.497 e. The van der Waals surface area contributed by atoms with E-state index < -0.39 is 0 Å². The molecule has 0 aliphatic rings. The number of hydrogen-bond acceptors (Lipinski definition) is 3. The Morgan fingerprint density at radius 3 is 2.23 bits per heavy atom. The van der Waals surface area contributed by atoms with Crippen molar-refractivity contribution in [1.29, 1.82) is 0 Å². The molecule has 1 atom stereocenters. The average molecular weight is 299 g/mol. The minimum atomic E-state index is -0.0732. The zero-order valence-corrected chi connectivity index (χ0v) is 13.6. The van der Waals surface area contributed by atoms with Crippen molar-refractivity contribution in [1.82, 2.24) is 0 Å². The van der Waals surface area contributed by atoms with Crippen molar-refractivity contribution < 1.29 is 9.47 Å². The fourth-order valence-corrected chi connectivity index (χ4v) is 2.55. The Hall–Kier alpha value is -2.00. The van der Waals surface area contributed by atoms with Crippen LogP contribution >= 0.6 is 0 Å². The lowest BCUT2D eigenvalue weighted by Crippen LogP contribution is -2.13. The molecule has 0 amide bonds. The van der Waals surface area contributed by atoms with Gasteiger partial charge in [-0.3, -0.25) is 0 Å². The number of benzene rings is 2. The molecule has 3 nitrogen and oxygen atoms in total. The van der Waals surface area contributed by atoms with Crippen LogP contribution < -0.4 is 15.2 Å². The van der Waals surface area contributed by atoms with Gasteiger partial charge in [-0.2, -0.15) is 0 Å². The minimum absolute atomic E-state index is 0.0732. The van der Waals surface area contributed by atoms with Crippen molar-refractivity contribution in [2.45, 2.75) is 32.2 Å². The molecule has 2 aromatic rings. The molecule has 22 heavy (non-hydrogen) atoms. The maximum absolute atomic E-state index is 6.36. The number of methoxy groups -OCH3 is 2. The lowest BCUT2D eigenvalue weighted by molar-refractivity contribution is 0.394. The molecule has 0 aliphatic heterocycles. The summed E-state index contributed by atoms with van der Waals surface area (Å²) in [4.78, 5) is 0. The molecule has 0 bridgehead atoms. The Bertz CT molecular complexity index is 593. The normalized spacial score (nSPS) is 12.0. The van der Waals surface area contributed by atoms with Gasteiger partial charge in [0, 0.05) is 11.6 Å². The summed E-state index contributed by atoms with van der Waals surface area (Å²) in [7, 11) is 3.33. The second-order valence-corrected chi connectivity index (χ2v) is 5.42. The molecule has 0 saturated carbocycles. The SMILES string of the molecule is CCc1ccc(CCC(N)c2cc(OC)ccc2OC)cc1. The highest BCUT2D eigenvalue weighted by Gasteiger charge is 2.13.